The molecule has 1 aromatic rings. The zero-order chi connectivity index (χ0) is 7.84. The number of imidazole rings is 1. The number of rotatable bonds is 2. The molecule has 0 unspecified atom stereocenters. The number of aliphatic hydroxyl groups is 1. The van der Waals surface area contributed by atoms with Crippen LogP contribution in [0.25, 0.3) is 0 Å². The number of nitrogens with zero attached hydrogens (tertiary/aromatic N) is 1. The lowest BCUT2D eigenvalue weighted by Gasteiger charge is -1.89. The van der Waals surface area contributed by atoms with Gasteiger partial charge in [-0.3, -0.25) is 0 Å². The first-order valence-corrected chi connectivity index (χ1v) is 3.97. The van der Waals surface area contributed by atoms with Crippen molar-refractivity contribution in [2.24, 2.45) is 0 Å². The van der Waals surface area contributed by atoms with Crippen LogP contribution < -0.4 is 0 Å². The van der Waals surface area contributed by atoms with E-state index in [9.17, 15) is 0 Å². The molecule has 3 heteroatoms. The number of nitrogens with one attached hydrogen (secondary N) is 1. The van der Waals surface area contributed by atoms with E-state index in [1.54, 1.807) is 0 Å². The molecule has 1 fully saturated rings. The number of aromatic amines is 1. The van der Waals surface area contributed by atoms with Crippen LogP contribution in [0.15, 0.2) is 0 Å². The molecule has 0 spiro atoms. The van der Waals surface area contributed by atoms with Gasteiger partial charge >= 0.3 is 0 Å². The zero-order valence-corrected chi connectivity index (χ0v) is 6.59. The topological polar surface area (TPSA) is 48.9 Å². The number of hydrogen-bond acceptors (Lipinski definition) is 2. The highest BCUT2D eigenvalue weighted by molar-refractivity contribution is 5.21. The molecule has 11 heavy (non-hydrogen) atoms. The summed E-state index contributed by atoms with van der Waals surface area (Å²) in [4.78, 5) is 7.34. The molecule has 1 heterocycles. The van der Waals surface area contributed by atoms with Gasteiger partial charge in [-0.15, -0.1) is 0 Å². The van der Waals surface area contributed by atoms with E-state index in [-0.39, 0.29) is 6.61 Å². The first kappa shape index (κ1) is 6.85. The fraction of sp³-hybridized carbons (Fsp3) is 0.625. The summed E-state index contributed by atoms with van der Waals surface area (Å²) in [6.45, 7) is 2.04. The van der Waals surface area contributed by atoms with Gasteiger partial charge in [-0.1, -0.05) is 0 Å². The van der Waals surface area contributed by atoms with E-state index in [0.29, 0.717) is 11.7 Å². The molecule has 3 nitrogen and oxygen atoms in total. The first-order valence-electron chi connectivity index (χ1n) is 3.97. The van der Waals surface area contributed by atoms with Gasteiger partial charge in [0.1, 0.15) is 12.4 Å². The lowest BCUT2D eigenvalue weighted by atomic mass is 10.2. The second-order valence-electron chi connectivity index (χ2n) is 3.13. The third-order valence-corrected chi connectivity index (χ3v) is 2.09. The van der Waals surface area contributed by atoms with E-state index in [1.165, 1.54) is 12.8 Å². The second-order valence-corrected chi connectivity index (χ2v) is 3.13. The van der Waals surface area contributed by atoms with Crippen molar-refractivity contribution in [2.75, 3.05) is 0 Å². The fourth-order valence-corrected chi connectivity index (χ4v) is 1.37. The Hall–Kier alpha value is -0.830. The summed E-state index contributed by atoms with van der Waals surface area (Å²) in [6, 6.07) is 0. The Balaban J connectivity index is 2.30. The molecule has 1 aromatic heterocycles. The normalized spacial score (nSPS) is 17.3. The summed E-state index contributed by atoms with van der Waals surface area (Å²) in [5, 5.41) is 8.78. The summed E-state index contributed by atoms with van der Waals surface area (Å²) < 4.78 is 0. The summed E-state index contributed by atoms with van der Waals surface area (Å²) in [7, 11) is 0. The maximum atomic E-state index is 8.78. The van der Waals surface area contributed by atoms with E-state index in [2.05, 4.69) is 9.97 Å². The monoisotopic (exact) mass is 152 g/mol. The van der Waals surface area contributed by atoms with Crippen molar-refractivity contribution >= 4 is 0 Å². The molecule has 0 bridgehead atoms. The molecule has 0 amide bonds. The number of aromatic nitrogens is 2. The molecule has 1 aliphatic rings. The van der Waals surface area contributed by atoms with Crippen LogP contribution in [0.5, 0.6) is 0 Å². The molecule has 0 atom stereocenters. The maximum absolute atomic E-state index is 8.78. The smallest absolute Gasteiger partial charge is 0.132 e. The van der Waals surface area contributed by atoms with Crippen molar-refractivity contribution in [3.05, 3.63) is 17.2 Å². The largest absolute Gasteiger partial charge is 0.388 e. The van der Waals surface area contributed by atoms with E-state index < -0.39 is 0 Å². The van der Waals surface area contributed by atoms with Crippen LogP contribution in [0.3, 0.4) is 0 Å². The summed E-state index contributed by atoms with van der Waals surface area (Å²) in [5.41, 5.74) is 2.28. The molecule has 1 aliphatic carbocycles. The van der Waals surface area contributed by atoms with Crippen LogP contribution >= 0.6 is 0 Å². The highest BCUT2D eigenvalue weighted by atomic mass is 16.3. The van der Waals surface area contributed by atoms with Crippen LogP contribution in [0, 0.1) is 6.92 Å². The van der Waals surface area contributed by atoms with Crippen LogP contribution in [0.2, 0.25) is 0 Å². The van der Waals surface area contributed by atoms with Gasteiger partial charge in [0.15, 0.2) is 0 Å². The predicted octanol–water partition coefficient (Wildman–Crippen LogP) is 1.09. The van der Waals surface area contributed by atoms with Crippen LogP contribution in [-0.2, 0) is 6.61 Å². The molecule has 2 rings (SSSR count). The van der Waals surface area contributed by atoms with E-state index in [0.717, 1.165) is 11.4 Å². The highest BCUT2D eigenvalue weighted by Gasteiger charge is 2.27. The molecule has 2 N–H and O–H groups in total. The van der Waals surface area contributed by atoms with Gasteiger partial charge in [0.25, 0.3) is 0 Å². The predicted molar refractivity (Wildman–Crippen MR) is 41.2 cm³/mol. The number of hydrogen-bond donors (Lipinski definition) is 2. The minimum atomic E-state index is 0.0214. The van der Waals surface area contributed by atoms with E-state index in [4.69, 9.17) is 5.11 Å². The van der Waals surface area contributed by atoms with Crippen LogP contribution in [-0.4, -0.2) is 15.1 Å². The van der Waals surface area contributed by atoms with Crippen molar-refractivity contribution in [2.45, 2.75) is 32.3 Å². The molecular weight excluding hydrogens is 140 g/mol. The second kappa shape index (κ2) is 2.34. The quantitative estimate of drug-likeness (QED) is 0.666. The highest BCUT2D eigenvalue weighted by Crippen LogP contribution is 2.40. The number of aryl methyl sites for hydroxylation is 1. The molecule has 0 radical (unpaired) electrons. The maximum Gasteiger partial charge on any atom is 0.132 e. The molecular formula is C8H12N2O. The Labute approximate surface area is 65.5 Å². The van der Waals surface area contributed by atoms with Crippen LogP contribution in [0.1, 0.15) is 36.0 Å². The third-order valence-electron chi connectivity index (χ3n) is 2.09. The summed E-state index contributed by atoms with van der Waals surface area (Å²) in [6.07, 6.45) is 2.52. The molecule has 1 saturated carbocycles. The Kier molecular flexibility index (Phi) is 1.46. The summed E-state index contributed by atoms with van der Waals surface area (Å²) >= 11 is 0. The Morgan fingerprint density at radius 3 is 2.82 bits per heavy atom. The third kappa shape index (κ3) is 1.16. The van der Waals surface area contributed by atoms with Gasteiger partial charge in [-0.25, -0.2) is 4.98 Å². The van der Waals surface area contributed by atoms with E-state index in [1.807, 2.05) is 6.92 Å². The summed E-state index contributed by atoms with van der Waals surface area (Å²) in [5.74, 6) is 1.37. The minimum Gasteiger partial charge on any atom is -0.388 e. The van der Waals surface area contributed by atoms with E-state index >= 15 is 0 Å². The number of aliphatic hydroxyl groups excluding tert-OH is 1. The van der Waals surface area contributed by atoms with Crippen molar-refractivity contribution in [1.82, 2.24) is 9.97 Å². The van der Waals surface area contributed by atoms with Gasteiger partial charge < -0.3 is 10.1 Å². The zero-order valence-electron chi connectivity index (χ0n) is 6.59. The van der Waals surface area contributed by atoms with Gasteiger partial charge in [0.2, 0.25) is 0 Å². The SMILES string of the molecule is Cc1[nH]c(CO)nc1C1CC1. The fourth-order valence-electron chi connectivity index (χ4n) is 1.37. The van der Waals surface area contributed by atoms with Crippen LogP contribution in [0.4, 0.5) is 0 Å². The first-order chi connectivity index (χ1) is 5.31. The minimum absolute atomic E-state index is 0.0214. The van der Waals surface area contributed by atoms with Gasteiger partial charge in [-0.05, 0) is 19.8 Å². The lowest BCUT2D eigenvalue weighted by molar-refractivity contribution is 0.272. The Morgan fingerprint density at radius 2 is 2.36 bits per heavy atom. The molecule has 0 aromatic carbocycles. The molecule has 0 aliphatic heterocycles. The van der Waals surface area contributed by atoms with Gasteiger partial charge in [0, 0.05) is 11.6 Å². The molecule has 0 saturated heterocycles. The van der Waals surface area contributed by atoms with Gasteiger partial charge in [-0.2, -0.15) is 0 Å². The lowest BCUT2D eigenvalue weighted by Crippen LogP contribution is -1.85. The van der Waals surface area contributed by atoms with Crippen molar-refractivity contribution in [3.63, 3.8) is 0 Å². The van der Waals surface area contributed by atoms with Gasteiger partial charge in [0.05, 0.1) is 5.69 Å². The Morgan fingerprint density at radius 1 is 1.64 bits per heavy atom. The molecule has 60 valence electrons. The van der Waals surface area contributed by atoms with Crippen molar-refractivity contribution < 1.29 is 5.11 Å². The average Bonchev–Trinajstić information content (AvgIpc) is 2.76. The van der Waals surface area contributed by atoms with Crippen molar-refractivity contribution in [3.8, 4) is 0 Å². The number of H-pyrrole nitrogens is 1. The average molecular weight is 152 g/mol. The standard InChI is InChI=1S/C8H12N2O/c1-5-8(6-2-3-6)10-7(4-11)9-5/h6,11H,2-4H2,1H3,(H,9,10). The van der Waals surface area contributed by atoms with Crippen molar-refractivity contribution in [1.29, 1.82) is 0 Å². The Bertz CT molecular complexity index is 263.